The quantitative estimate of drug-likeness (QED) is 0.198. The Balaban J connectivity index is 2.39. The first-order valence-corrected chi connectivity index (χ1v) is 7.15. The van der Waals surface area contributed by atoms with Crippen molar-refractivity contribution in [2.24, 2.45) is 0 Å². The summed E-state index contributed by atoms with van der Waals surface area (Å²) < 4.78 is 8.80. The van der Waals surface area contributed by atoms with Crippen LogP contribution in [0.3, 0.4) is 0 Å². The van der Waals surface area contributed by atoms with Crippen molar-refractivity contribution in [2.45, 2.75) is 4.90 Å². The standard InChI is InChI=1S/C10H11NO9S2/c12-9(13)7-2-1-6(5-8(7)10(14)15)22-19-17-11-3-4-21-20-18-16/h1-2,5,11,16H,3-4H2,(H,12,13)(H,14,15). The molecule has 1 rings (SSSR count). The minimum atomic E-state index is -1.36. The second-order valence-electron chi connectivity index (χ2n) is 3.41. The summed E-state index contributed by atoms with van der Waals surface area (Å²) in [6, 6.07) is 3.70. The highest BCUT2D eigenvalue weighted by atomic mass is 32.2. The van der Waals surface area contributed by atoms with Crippen molar-refractivity contribution < 1.29 is 43.8 Å². The maximum absolute atomic E-state index is 11.0. The molecule has 0 bridgehead atoms. The summed E-state index contributed by atoms with van der Waals surface area (Å²) in [6.07, 6.45) is 0. The molecular weight excluding hydrogens is 342 g/mol. The Kier molecular flexibility index (Phi) is 8.79. The van der Waals surface area contributed by atoms with E-state index in [0.717, 1.165) is 24.2 Å². The van der Waals surface area contributed by atoms with Crippen LogP contribution in [0.1, 0.15) is 20.7 Å². The van der Waals surface area contributed by atoms with Gasteiger partial charge in [0.2, 0.25) is 0 Å². The van der Waals surface area contributed by atoms with E-state index in [2.05, 4.69) is 19.8 Å². The van der Waals surface area contributed by atoms with Crippen LogP contribution in [-0.4, -0.2) is 39.7 Å². The molecule has 0 heterocycles. The van der Waals surface area contributed by atoms with Crippen LogP contribution in [0.5, 0.6) is 0 Å². The van der Waals surface area contributed by atoms with Gasteiger partial charge in [-0.25, -0.2) is 14.8 Å². The molecule has 0 fully saturated rings. The SMILES string of the molecule is O=C(O)c1ccc(SOONCCSOOO)cc1C(=O)O. The number of aromatic carboxylic acids is 2. The third-order valence-electron chi connectivity index (χ3n) is 2.04. The fourth-order valence-electron chi connectivity index (χ4n) is 1.20. The maximum atomic E-state index is 11.0. The van der Waals surface area contributed by atoms with Crippen LogP contribution in [0.25, 0.3) is 0 Å². The van der Waals surface area contributed by atoms with Crippen molar-refractivity contribution in [1.29, 1.82) is 0 Å². The summed E-state index contributed by atoms with van der Waals surface area (Å²) in [6.45, 7) is 0.299. The molecule has 0 unspecified atom stereocenters. The van der Waals surface area contributed by atoms with E-state index in [0.29, 0.717) is 29.2 Å². The van der Waals surface area contributed by atoms with Crippen molar-refractivity contribution in [3.05, 3.63) is 29.3 Å². The molecule has 12 heteroatoms. The van der Waals surface area contributed by atoms with Gasteiger partial charge in [-0.2, -0.15) is 5.48 Å². The van der Waals surface area contributed by atoms with Gasteiger partial charge in [0, 0.05) is 29.2 Å². The molecule has 0 aliphatic heterocycles. The molecule has 1 aromatic rings. The average molecular weight is 353 g/mol. The Bertz CT molecular complexity index is 513. The van der Waals surface area contributed by atoms with E-state index >= 15 is 0 Å². The predicted octanol–water partition coefficient (Wildman–Crippen LogP) is 1.61. The van der Waals surface area contributed by atoms with E-state index in [-0.39, 0.29) is 11.1 Å². The molecule has 0 spiro atoms. The molecule has 22 heavy (non-hydrogen) atoms. The van der Waals surface area contributed by atoms with Gasteiger partial charge in [0.05, 0.1) is 23.2 Å². The molecule has 1 aromatic carbocycles. The third-order valence-corrected chi connectivity index (χ3v) is 3.15. The van der Waals surface area contributed by atoms with E-state index < -0.39 is 11.9 Å². The lowest BCUT2D eigenvalue weighted by Crippen LogP contribution is -2.16. The smallest absolute Gasteiger partial charge is 0.336 e. The first kappa shape index (κ1) is 18.7. The Morgan fingerprint density at radius 1 is 1.14 bits per heavy atom. The molecular formula is C10H11NO9S2. The Morgan fingerprint density at radius 3 is 2.50 bits per heavy atom. The van der Waals surface area contributed by atoms with E-state index in [1.165, 1.54) is 6.07 Å². The van der Waals surface area contributed by atoms with Crippen LogP contribution in [0, 0.1) is 0 Å². The first-order chi connectivity index (χ1) is 10.6. The zero-order valence-electron chi connectivity index (χ0n) is 10.8. The van der Waals surface area contributed by atoms with Crippen LogP contribution in [0.15, 0.2) is 23.1 Å². The number of benzene rings is 1. The van der Waals surface area contributed by atoms with Crippen molar-refractivity contribution >= 4 is 36.0 Å². The number of nitrogens with one attached hydrogen (secondary N) is 1. The van der Waals surface area contributed by atoms with E-state index in [4.69, 9.17) is 19.8 Å². The molecule has 0 saturated heterocycles. The maximum Gasteiger partial charge on any atom is 0.336 e. The number of rotatable bonds is 11. The minimum absolute atomic E-state index is 0.299. The van der Waals surface area contributed by atoms with E-state index in [1.807, 2.05) is 0 Å². The lowest BCUT2D eigenvalue weighted by atomic mass is 10.1. The average Bonchev–Trinajstić information content (AvgIpc) is 2.49. The second-order valence-corrected chi connectivity index (χ2v) is 4.97. The summed E-state index contributed by atoms with van der Waals surface area (Å²) in [4.78, 5) is 26.8. The molecule has 0 aromatic heterocycles. The van der Waals surface area contributed by atoms with Gasteiger partial charge in [0.1, 0.15) is 0 Å². The molecule has 4 N–H and O–H groups in total. The van der Waals surface area contributed by atoms with Crippen LogP contribution >= 0.6 is 24.1 Å². The second kappa shape index (κ2) is 10.4. The predicted molar refractivity (Wildman–Crippen MR) is 73.6 cm³/mol. The van der Waals surface area contributed by atoms with Gasteiger partial charge in [-0.05, 0) is 18.2 Å². The van der Waals surface area contributed by atoms with Crippen LogP contribution in [0.2, 0.25) is 0 Å². The van der Waals surface area contributed by atoms with Crippen molar-refractivity contribution in [2.75, 3.05) is 12.3 Å². The van der Waals surface area contributed by atoms with Gasteiger partial charge in [-0.1, -0.05) is 5.04 Å². The molecule has 0 amide bonds. The highest BCUT2D eigenvalue weighted by Crippen LogP contribution is 2.22. The Labute approximate surface area is 132 Å². The molecule has 0 aliphatic rings. The van der Waals surface area contributed by atoms with Gasteiger partial charge in [0.15, 0.2) is 0 Å². The monoisotopic (exact) mass is 353 g/mol. The van der Waals surface area contributed by atoms with Crippen LogP contribution < -0.4 is 5.48 Å². The lowest BCUT2D eigenvalue weighted by Gasteiger charge is -2.05. The number of carboxylic acid groups (broad SMARTS) is 2. The molecule has 0 aliphatic carbocycles. The number of carbonyl (C=O) groups is 2. The topological polar surface area (TPSA) is 144 Å². The van der Waals surface area contributed by atoms with Gasteiger partial charge in [0.25, 0.3) is 0 Å². The largest absolute Gasteiger partial charge is 0.478 e. The fraction of sp³-hybridized carbons (Fsp3) is 0.200. The van der Waals surface area contributed by atoms with Crippen LogP contribution in [-0.2, 0) is 18.7 Å². The number of carboxylic acids is 2. The van der Waals surface area contributed by atoms with Crippen molar-refractivity contribution in [3.8, 4) is 0 Å². The molecule has 0 saturated carbocycles. The summed E-state index contributed by atoms with van der Waals surface area (Å²) >= 11 is 1.52. The van der Waals surface area contributed by atoms with Gasteiger partial charge >= 0.3 is 11.9 Å². The summed E-state index contributed by atoms with van der Waals surface area (Å²) in [7, 11) is 0. The van der Waals surface area contributed by atoms with Gasteiger partial charge in [-0.3, -0.25) is 0 Å². The van der Waals surface area contributed by atoms with Crippen molar-refractivity contribution in [1.82, 2.24) is 5.48 Å². The summed E-state index contributed by atoms with van der Waals surface area (Å²) in [5.41, 5.74) is 1.71. The minimum Gasteiger partial charge on any atom is -0.478 e. The Morgan fingerprint density at radius 2 is 1.86 bits per heavy atom. The van der Waals surface area contributed by atoms with Crippen LogP contribution in [0.4, 0.5) is 0 Å². The molecule has 10 nitrogen and oxygen atoms in total. The number of hydrogen-bond donors (Lipinski definition) is 4. The summed E-state index contributed by atoms with van der Waals surface area (Å²) in [5.74, 6) is -2.31. The zero-order chi connectivity index (χ0) is 16.4. The zero-order valence-corrected chi connectivity index (χ0v) is 12.4. The third kappa shape index (κ3) is 6.59. The number of hydrogen-bond acceptors (Lipinski definition) is 10. The highest BCUT2D eigenvalue weighted by Gasteiger charge is 2.16. The number of hydroxylamine groups is 1. The first-order valence-electron chi connectivity index (χ1n) is 5.49. The Hall–Kier alpha value is -1.38. The molecule has 122 valence electrons. The molecule has 0 atom stereocenters. The van der Waals surface area contributed by atoms with Crippen molar-refractivity contribution in [3.63, 3.8) is 0 Å². The normalized spacial score (nSPS) is 10.6. The van der Waals surface area contributed by atoms with Gasteiger partial charge in [-0.15, -0.1) is 13.7 Å². The van der Waals surface area contributed by atoms with E-state index in [9.17, 15) is 9.59 Å². The van der Waals surface area contributed by atoms with Gasteiger partial charge < -0.3 is 10.2 Å². The lowest BCUT2D eigenvalue weighted by molar-refractivity contribution is -0.432. The highest BCUT2D eigenvalue weighted by molar-refractivity contribution is 7.94. The fourth-order valence-corrected chi connectivity index (χ4v) is 1.93. The van der Waals surface area contributed by atoms with E-state index in [1.54, 1.807) is 0 Å². The summed E-state index contributed by atoms with van der Waals surface area (Å²) in [5, 5.41) is 29.0. The molecule has 0 radical (unpaired) electrons.